The molecule has 0 unspecified atom stereocenters. The van der Waals surface area contributed by atoms with E-state index in [1.807, 2.05) is 39.0 Å². The second-order valence-corrected chi connectivity index (χ2v) is 8.46. The van der Waals surface area contributed by atoms with Crippen LogP contribution in [0.4, 0.5) is 5.69 Å². The normalized spacial score (nSPS) is 11.3. The molecular formula is C22H28N4O2S. The number of H-pyrrole nitrogens is 1. The number of aryl methyl sites for hydroxylation is 2. The Morgan fingerprint density at radius 1 is 1.28 bits per heavy atom. The van der Waals surface area contributed by atoms with Gasteiger partial charge < -0.3 is 10.3 Å². The zero-order valence-corrected chi connectivity index (χ0v) is 18.2. The Labute approximate surface area is 175 Å². The molecule has 3 aromatic rings. The number of nitrogens with zero attached hydrogens (tertiary/aromatic N) is 2. The molecule has 0 aliphatic rings. The highest BCUT2D eigenvalue weighted by molar-refractivity contribution is 7.99. The van der Waals surface area contributed by atoms with E-state index < -0.39 is 0 Å². The molecule has 0 bridgehead atoms. The highest BCUT2D eigenvalue weighted by Gasteiger charge is 2.16. The Bertz CT molecular complexity index is 1050. The summed E-state index contributed by atoms with van der Waals surface area (Å²) in [6.45, 7) is 7.95. The van der Waals surface area contributed by atoms with Crippen molar-refractivity contribution in [1.29, 1.82) is 0 Å². The molecule has 0 atom stereocenters. The van der Waals surface area contributed by atoms with Gasteiger partial charge in [-0.2, -0.15) is 0 Å². The van der Waals surface area contributed by atoms with Crippen molar-refractivity contribution in [2.75, 3.05) is 11.1 Å². The minimum Gasteiger partial charge on any atom is -0.353 e. The summed E-state index contributed by atoms with van der Waals surface area (Å²) in [5.41, 5.74) is 3.98. The molecule has 1 amide bonds. The maximum absolute atomic E-state index is 12.8. The molecule has 7 heteroatoms. The van der Waals surface area contributed by atoms with E-state index in [4.69, 9.17) is 0 Å². The number of carbonyl (C=O) groups excluding carboxylic acids is 1. The molecule has 3 rings (SSSR count). The number of amides is 1. The Balaban J connectivity index is 1.70. The lowest BCUT2D eigenvalue weighted by atomic mass is 10.1. The van der Waals surface area contributed by atoms with E-state index >= 15 is 0 Å². The van der Waals surface area contributed by atoms with Crippen molar-refractivity contribution >= 4 is 34.4 Å². The molecule has 0 aliphatic carbocycles. The first-order valence-electron chi connectivity index (χ1n) is 10.0. The second kappa shape index (κ2) is 9.31. The fraction of sp³-hybridized carbons (Fsp3) is 0.409. The number of aromatic nitrogens is 3. The van der Waals surface area contributed by atoms with E-state index in [1.54, 1.807) is 4.57 Å². The Morgan fingerprint density at radius 2 is 2.00 bits per heavy atom. The number of anilines is 1. The number of nitrogens with one attached hydrogen (secondary N) is 2. The molecule has 1 aromatic carbocycles. The van der Waals surface area contributed by atoms with Crippen LogP contribution in [0.25, 0.3) is 11.0 Å². The Hall–Kier alpha value is -2.54. The first-order chi connectivity index (χ1) is 13.9. The van der Waals surface area contributed by atoms with Gasteiger partial charge in [0.1, 0.15) is 5.52 Å². The smallest absolute Gasteiger partial charge is 0.278 e. The molecule has 0 aliphatic heterocycles. The van der Waals surface area contributed by atoms with E-state index in [1.165, 1.54) is 23.7 Å². The summed E-state index contributed by atoms with van der Waals surface area (Å²) in [6.07, 6.45) is 3.39. The third-order valence-electron chi connectivity index (χ3n) is 4.69. The number of benzene rings is 1. The van der Waals surface area contributed by atoms with Crippen molar-refractivity contribution in [3.8, 4) is 0 Å². The number of unbranched alkanes of at least 4 members (excludes halogenated alkanes) is 1. The van der Waals surface area contributed by atoms with Crippen molar-refractivity contribution in [3.63, 3.8) is 0 Å². The summed E-state index contributed by atoms with van der Waals surface area (Å²) in [6, 6.07) is 9.78. The van der Waals surface area contributed by atoms with Crippen LogP contribution < -0.4 is 10.9 Å². The van der Waals surface area contributed by atoms with Gasteiger partial charge in [-0.25, -0.2) is 4.98 Å². The molecule has 0 radical (unpaired) electrons. The molecule has 2 N–H and O–H groups in total. The summed E-state index contributed by atoms with van der Waals surface area (Å²) in [4.78, 5) is 32.9. The van der Waals surface area contributed by atoms with Gasteiger partial charge in [0.2, 0.25) is 5.91 Å². The van der Waals surface area contributed by atoms with Gasteiger partial charge in [-0.1, -0.05) is 37.2 Å². The fourth-order valence-electron chi connectivity index (χ4n) is 3.21. The van der Waals surface area contributed by atoms with Crippen molar-refractivity contribution in [3.05, 3.63) is 51.9 Å². The molecule has 6 nitrogen and oxygen atoms in total. The summed E-state index contributed by atoms with van der Waals surface area (Å²) >= 11 is 1.28. The average molecular weight is 413 g/mol. The molecule has 29 heavy (non-hydrogen) atoms. The predicted octanol–water partition coefficient (Wildman–Crippen LogP) is 4.69. The first kappa shape index (κ1) is 21.2. The number of hydrogen-bond donors (Lipinski definition) is 2. The first-order valence-corrected chi connectivity index (χ1v) is 11.0. The number of hydrogen-bond acceptors (Lipinski definition) is 4. The standard InChI is InChI=1S/C22H28N4O2S/c1-5-6-7-16-8-10-17(11-9-16)24-19(27)13-29-22-25-18-12-15(4)23-20(18)21(28)26(22)14(2)3/h8-12,14,23H,5-7,13H2,1-4H3,(H,24,27). The number of rotatable bonds is 8. The fourth-order valence-corrected chi connectivity index (χ4v) is 4.14. The zero-order chi connectivity index (χ0) is 21.0. The van der Waals surface area contributed by atoms with Gasteiger partial charge in [-0.3, -0.25) is 14.2 Å². The van der Waals surface area contributed by atoms with Crippen LogP contribution in [-0.2, 0) is 11.2 Å². The maximum atomic E-state index is 12.8. The van der Waals surface area contributed by atoms with Crippen LogP contribution in [0.2, 0.25) is 0 Å². The van der Waals surface area contributed by atoms with Gasteiger partial charge in [-0.05, 0) is 57.4 Å². The van der Waals surface area contributed by atoms with Crippen LogP contribution in [0, 0.1) is 6.92 Å². The van der Waals surface area contributed by atoms with Crippen molar-refractivity contribution < 1.29 is 4.79 Å². The van der Waals surface area contributed by atoms with Crippen LogP contribution in [0.15, 0.2) is 40.3 Å². The van der Waals surface area contributed by atoms with Crippen molar-refractivity contribution in [2.45, 2.75) is 58.2 Å². The molecule has 0 spiro atoms. The van der Waals surface area contributed by atoms with E-state index in [2.05, 4.69) is 34.3 Å². The minimum absolute atomic E-state index is 0.0516. The van der Waals surface area contributed by atoms with Gasteiger partial charge in [-0.15, -0.1) is 0 Å². The highest BCUT2D eigenvalue weighted by atomic mass is 32.2. The quantitative estimate of drug-likeness (QED) is 0.416. The molecule has 154 valence electrons. The third kappa shape index (κ3) is 5.09. The number of thioether (sulfide) groups is 1. The topological polar surface area (TPSA) is 79.8 Å². The van der Waals surface area contributed by atoms with Crippen molar-refractivity contribution in [2.24, 2.45) is 0 Å². The lowest BCUT2D eigenvalue weighted by Gasteiger charge is -2.15. The van der Waals surface area contributed by atoms with E-state index in [-0.39, 0.29) is 23.3 Å². The Kier molecular flexibility index (Phi) is 6.79. The number of carbonyl (C=O) groups is 1. The lowest BCUT2D eigenvalue weighted by molar-refractivity contribution is -0.113. The summed E-state index contributed by atoms with van der Waals surface area (Å²) in [7, 11) is 0. The maximum Gasteiger partial charge on any atom is 0.278 e. The van der Waals surface area contributed by atoms with Crippen LogP contribution in [0.1, 0.15) is 50.9 Å². The second-order valence-electron chi connectivity index (χ2n) is 7.51. The van der Waals surface area contributed by atoms with Crippen LogP contribution >= 0.6 is 11.8 Å². The monoisotopic (exact) mass is 412 g/mol. The highest BCUT2D eigenvalue weighted by Crippen LogP contribution is 2.21. The molecular weight excluding hydrogens is 384 g/mol. The SMILES string of the molecule is CCCCc1ccc(NC(=O)CSc2nc3cc(C)[nH]c3c(=O)n2C(C)C)cc1. The zero-order valence-electron chi connectivity index (χ0n) is 17.4. The summed E-state index contributed by atoms with van der Waals surface area (Å²) in [5.74, 6) is 0.0669. The van der Waals surface area contributed by atoms with Gasteiger partial charge in [0.05, 0.1) is 11.3 Å². The van der Waals surface area contributed by atoms with Crippen molar-refractivity contribution in [1.82, 2.24) is 14.5 Å². The minimum atomic E-state index is -0.119. The van der Waals surface area contributed by atoms with Gasteiger partial charge in [0.15, 0.2) is 5.16 Å². The predicted molar refractivity (Wildman–Crippen MR) is 120 cm³/mol. The summed E-state index contributed by atoms with van der Waals surface area (Å²) in [5, 5.41) is 3.48. The van der Waals surface area contributed by atoms with Gasteiger partial charge in [0.25, 0.3) is 5.56 Å². The third-order valence-corrected chi connectivity index (χ3v) is 5.64. The van der Waals surface area contributed by atoms with Gasteiger partial charge in [0, 0.05) is 17.4 Å². The van der Waals surface area contributed by atoms with E-state index in [0.717, 1.165) is 24.2 Å². The molecule has 2 aromatic heterocycles. The molecule has 0 saturated carbocycles. The largest absolute Gasteiger partial charge is 0.353 e. The molecule has 0 saturated heterocycles. The van der Waals surface area contributed by atoms with E-state index in [0.29, 0.717) is 16.2 Å². The van der Waals surface area contributed by atoms with Crippen LogP contribution in [-0.4, -0.2) is 26.2 Å². The Morgan fingerprint density at radius 3 is 2.66 bits per heavy atom. The van der Waals surface area contributed by atoms with Crippen LogP contribution in [0.3, 0.4) is 0 Å². The molecule has 2 heterocycles. The van der Waals surface area contributed by atoms with Crippen LogP contribution in [0.5, 0.6) is 0 Å². The number of aromatic amines is 1. The average Bonchev–Trinajstić information content (AvgIpc) is 3.06. The van der Waals surface area contributed by atoms with E-state index in [9.17, 15) is 9.59 Å². The molecule has 0 fully saturated rings. The number of fused-ring (bicyclic) bond motifs is 1. The lowest BCUT2D eigenvalue weighted by Crippen LogP contribution is -2.25. The summed E-state index contributed by atoms with van der Waals surface area (Å²) < 4.78 is 1.64. The van der Waals surface area contributed by atoms with Gasteiger partial charge >= 0.3 is 0 Å².